The second kappa shape index (κ2) is 14.9. The molecule has 0 saturated carbocycles. The highest BCUT2D eigenvalue weighted by molar-refractivity contribution is 7.99. The summed E-state index contributed by atoms with van der Waals surface area (Å²) in [5.41, 5.74) is 3.90. The molecule has 4 N–H and O–H groups in total. The van der Waals surface area contributed by atoms with Crippen LogP contribution in [0.5, 0.6) is 5.75 Å². The summed E-state index contributed by atoms with van der Waals surface area (Å²) in [4.78, 5) is 22.9. The number of phenols is 1. The summed E-state index contributed by atoms with van der Waals surface area (Å²) in [6, 6.07) is 21.5. The lowest BCUT2D eigenvalue weighted by atomic mass is 10.0. The van der Waals surface area contributed by atoms with Gasteiger partial charge in [0.1, 0.15) is 5.75 Å². The van der Waals surface area contributed by atoms with Crippen LogP contribution >= 0.6 is 11.8 Å². The molecule has 230 valence electrons. The van der Waals surface area contributed by atoms with E-state index in [0.29, 0.717) is 35.9 Å². The van der Waals surface area contributed by atoms with Gasteiger partial charge in [0, 0.05) is 36.3 Å². The number of hydrogen-bond donors (Lipinski definition) is 4. The minimum atomic E-state index is -0.868. The maximum absolute atomic E-state index is 12.3. The smallest absolute Gasteiger partial charge is 0.303 e. The number of benzene rings is 3. The van der Waals surface area contributed by atoms with E-state index in [0.717, 1.165) is 22.4 Å². The van der Waals surface area contributed by atoms with Crippen LogP contribution in [-0.2, 0) is 25.7 Å². The van der Waals surface area contributed by atoms with Gasteiger partial charge in [0.05, 0.1) is 24.5 Å². The number of aliphatic carboxylic acids is 1. The van der Waals surface area contributed by atoms with Crippen LogP contribution in [0.3, 0.4) is 0 Å². The lowest BCUT2D eigenvalue weighted by Gasteiger charge is -2.36. The molecule has 0 radical (unpaired) electrons. The molecule has 4 aromatic rings. The first kappa shape index (κ1) is 31.1. The molecule has 5 rings (SSSR count). The van der Waals surface area contributed by atoms with Gasteiger partial charge in [0.15, 0.2) is 6.29 Å². The number of unbranched alkanes of at least 4 members (excludes halogenated alkanes) is 1. The monoisotopic (exact) mass is 619 g/mol. The van der Waals surface area contributed by atoms with Crippen LogP contribution in [0.2, 0.25) is 0 Å². The average Bonchev–Trinajstić information content (AvgIpc) is 3.51. The number of hydrogen-bond acceptors (Lipinski definition) is 10. The predicted molar refractivity (Wildman–Crippen MR) is 161 cm³/mol. The lowest BCUT2D eigenvalue weighted by molar-refractivity contribution is -0.245. The Labute approximate surface area is 258 Å². The van der Waals surface area contributed by atoms with E-state index in [2.05, 4.69) is 20.8 Å². The average molecular weight is 620 g/mol. The number of amides is 1. The second-order valence-electron chi connectivity index (χ2n) is 10.3. The Morgan fingerprint density at radius 3 is 2.34 bits per heavy atom. The minimum absolute atomic E-state index is 0.0439. The maximum Gasteiger partial charge on any atom is 0.303 e. The molecular weight excluding hydrogens is 586 g/mol. The topological polar surface area (TPSA) is 169 Å². The normalized spacial score (nSPS) is 18.2. The van der Waals surface area contributed by atoms with Crippen LogP contribution < -0.4 is 5.32 Å². The summed E-state index contributed by atoms with van der Waals surface area (Å²) in [5.74, 6) is -0.349. The van der Waals surface area contributed by atoms with Crippen molar-refractivity contribution in [3.63, 3.8) is 0 Å². The van der Waals surface area contributed by atoms with E-state index in [1.807, 2.05) is 36.4 Å². The molecule has 1 fully saturated rings. The number of tetrazole rings is 1. The van der Waals surface area contributed by atoms with Crippen molar-refractivity contribution in [3.05, 3.63) is 89.5 Å². The molecule has 2 heterocycles. The van der Waals surface area contributed by atoms with Crippen LogP contribution in [-0.4, -0.2) is 59.3 Å². The molecular formula is C31H33N5O7S. The number of phenolic OH excluding ortho intramolecular Hbond substituents is 1. The summed E-state index contributed by atoms with van der Waals surface area (Å²) in [5, 5.41) is 43.4. The number of carboxylic acid groups (broad SMARTS) is 1. The number of nitrogens with zero attached hydrogens (tertiary/aromatic N) is 4. The quantitative estimate of drug-likeness (QED) is 0.120. The number of thioether (sulfide) groups is 1. The number of rotatable bonds is 13. The van der Waals surface area contributed by atoms with Crippen LogP contribution in [0.15, 0.2) is 78.0 Å². The van der Waals surface area contributed by atoms with Crippen molar-refractivity contribution < 1.29 is 34.4 Å². The van der Waals surface area contributed by atoms with Crippen molar-refractivity contribution in [3.8, 4) is 11.4 Å². The van der Waals surface area contributed by atoms with Crippen LogP contribution in [0.25, 0.3) is 5.69 Å². The van der Waals surface area contributed by atoms with Gasteiger partial charge >= 0.3 is 5.97 Å². The number of aliphatic hydroxyl groups is 1. The number of aromatic nitrogens is 4. The number of carbonyl (C=O) groups excluding carboxylic acids is 1. The zero-order valence-corrected chi connectivity index (χ0v) is 24.6. The summed E-state index contributed by atoms with van der Waals surface area (Å²) in [6.45, 7) is -0.0439. The Bertz CT molecular complexity index is 1530. The Hall–Kier alpha value is -4.30. The zero-order valence-electron chi connectivity index (χ0n) is 23.8. The standard InChI is InChI=1S/C31H33N5O7S/c37-18-20-5-7-21(8-6-20)27-17-26(19-44-31-33-34-35-36(31)24-13-15-25(38)16-14-24)42-30(43-27)22-9-11-23(12-10-22)32-28(39)3-1-2-4-29(40)41/h5-16,26-27,30,37-38H,1-4,17-19H2,(H,32,39)(H,40,41). The molecule has 0 aliphatic carbocycles. The molecule has 1 aliphatic rings. The minimum Gasteiger partial charge on any atom is -0.508 e. The highest BCUT2D eigenvalue weighted by Crippen LogP contribution is 2.39. The fourth-order valence-corrected chi connectivity index (χ4v) is 5.63. The van der Waals surface area contributed by atoms with E-state index in [4.69, 9.17) is 14.6 Å². The van der Waals surface area contributed by atoms with Crippen molar-refractivity contribution >= 4 is 29.3 Å². The molecule has 12 nitrogen and oxygen atoms in total. The summed E-state index contributed by atoms with van der Waals surface area (Å²) in [6.07, 6.45) is 0.654. The van der Waals surface area contributed by atoms with Gasteiger partial charge in [-0.25, -0.2) is 0 Å². The molecule has 13 heteroatoms. The third-order valence-corrected chi connectivity index (χ3v) is 8.11. The predicted octanol–water partition coefficient (Wildman–Crippen LogP) is 4.78. The number of carboxylic acids is 1. The molecule has 3 unspecified atom stereocenters. The highest BCUT2D eigenvalue weighted by Gasteiger charge is 2.32. The van der Waals surface area contributed by atoms with Crippen LogP contribution in [0.4, 0.5) is 5.69 Å². The number of nitrogens with one attached hydrogen (secondary N) is 1. The highest BCUT2D eigenvalue weighted by atomic mass is 32.2. The lowest BCUT2D eigenvalue weighted by Crippen LogP contribution is -2.31. The zero-order chi connectivity index (χ0) is 30.9. The summed E-state index contributed by atoms with van der Waals surface area (Å²) < 4.78 is 14.4. The largest absolute Gasteiger partial charge is 0.508 e. The van der Waals surface area contributed by atoms with E-state index in [-0.39, 0.29) is 43.3 Å². The first-order valence-corrected chi connectivity index (χ1v) is 15.2. The van der Waals surface area contributed by atoms with Crippen molar-refractivity contribution in [2.45, 2.75) is 62.4 Å². The van der Waals surface area contributed by atoms with Crippen LogP contribution in [0, 0.1) is 0 Å². The Morgan fingerprint density at radius 2 is 1.64 bits per heavy atom. The number of anilines is 1. The number of aromatic hydroxyl groups is 1. The van der Waals surface area contributed by atoms with Gasteiger partial charge in [-0.05, 0) is 70.8 Å². The van der Waals surface area contributed by atoms with E-state index in [1.165, 1.54) is 11.8 Å². The van der Waals surface area contributed by atoms with E-state index in [1.54, 1.807) is 41.1 Å². The number of ether oxygens (including phenoxy) is 2. The van der Waals surface area contributed by atoms with E-state index >= 15 is 0 Å². The summed E-state index contributed by atoms with van der Waals surface area (Å²) in [7, 11) is 0. The second-order valence-corrected chi connectivity index (χ2v) is 11.3. The number of aliphatic hydroxyl groups excluding tert-OH is 1. The van der Waals surface area contributed by atoms with Gasteiger partial charge in [0.2, 0.25) is 11.1 Å². The van der Waals surface area contributed by atoms with Gasteiger partial charge in [-0.3, -0.25) is 9.59 Å². The van der Waals surface area contributed by atoms with Crippen molar-refractivity contribution in [2.75, 3.05) is 11.1 Å². The Kier molecular flexibility index (Phi) is 10.6. The first-order valence-electron chi connectivity index (χ1n) is 14.2. The van der Waals surface area contributed by atoms with Crippen molar-refractivity contribution in [2.24, 2.45) is 0 Å². The van der Waals surface area contributed by atoms with Crippen LogP contribution in [0.1, 0.15) is 61.2 Å². The van der Waals surface area contributed by atoms with Gasteiger partial charge in [-0.15, -0.1) is 5.10 Å². The van der Waals surface area contributed by atoms with Crippen molar-refractivity contribution in [1.82, 2.24) is 20.2 Å². The molecule has 1 aromatic heterocycles. The summed E-state index contributed by atoms with van der Waals surface area (Å²) >= 11 is 1.45. The third-order valence-electron chi connectivity index (χ3n) is 7.06. The van der Waals surface area contributed by atoms with Gasteiger partial charge in [-0.1, -0.05) is 48.2 Å². The Morgan fingerprint density at radius 1 is 0.932 bits per heavy atom. The molecule has 3 aromatic carbocycles. The Balaban J connectivity index is 1.27. The van der Waals surface area contributed by atoms with E-state index < -0.39 is 12.3 Å². The number of carbonyl (C=O) groups is 2. The van der Waals surface area contributed by atoms with E-state index in [9.17, 15) is 19.8 Å². The first-order chi connectivity index (χ1) is 21.4. The molecule has 3 atom stereocenters. The van der Waals surface area contributed by atoms with Gasteiger partial charge < -0.3 is 30.1 Å². The molecule has 1 aliphatic heterocycles. The van der Waals surface area contributed by atoms with Gasteiger partial charge in [-0.2, -0.15) is 4.68 Å². The van der Waals surface area contributed by atoms with Gasteiger partial charge in [0.25, 0.3) is 0 Å². The molecule has 0 spiro atoms. The molecule has 1 amide bonds. The maximum atomic E-state index is 12.3. The third kappa shape index (κ3) is 8.41. The fourth-order valence-electron chi connectivity index (χ4n) is 4.72. The fraction of sp³-hybridized carbons (Fsp3) is 0.323. The molecule has 1 saturated heterocycles. The molecule has 0 bridgehead atoms. The SMILES string of the molecule is O=C(O)CCCCC(=O)Nc1ccc(C2OC(CSc3nnnn3-c3ccc(O)cc3)CC(c3ccc(CO)cc3)O2)cc1. The van der Waals surface area contributed by atoms with Crippen molar-refractivity contribution in [1.29, 1.82) is 0 Å². The molecule has 44 heavy (non-hydrogen) atoms.